The normalized spacial score (nSPS) is 11.4. The molecule has 0 atom stereocenters. The van der Waals surface area contributed by atoms with Crippen LogP contribution in [0.5, 0.6) is 5.75 Å². The van der Waals surface area contributed by atoms with E-state index in [1.807, 2.05) is 42.5 Å². The van der Waals surface area contributed by atoms with E-state index in [0.29, 0.717) is 10.9 Å². The fraction of sp³-hybridized carbons (Fsp3) is 0.0625. The highest BCUT2D eigenvalue weighted by atomic mass is 16.5. The molecule has 0 amide bonds. The van der Waals surface area contributed by atoms with Gasteiger partial charge in [-0.2, -0.15) is 0 Å². The van der Waals surface area contributed by atoms with E-state index in [4.69, 9.17) is 4.74 Å². The van der Waals surface area contributed by atoms with Gasteiger partial charge in [0.15, 0.2) is 0 Å². The van der Waals surface area contributed by atoms with E-state index in [1.54, 1.807) is 7.11 Å². The van der Waals surface area contributed by atoms with Gasteiger partial charge in [0.25, 0.3) is 0 Å². The zero-order chi connectivity index (χ0) is 13.7. The number of rotatable bonds is 1. The lowest BCUT2D eigenvalue weighted by Crippen LogP contribution is -2.03. The summed E-state index contributed by atoms with van der Waals surface area (Å²) in [6.45, 7) is 0. The largest absolute Gasteiger partial charge is 0.497 e. The Morgan fingerprint density at radius 1 is 0.900 bits per heavy atom. The second-order valence-corrected chi connectivity index (χ2v) is 4.79. The lowest BCUT2D eigenvalue weighted by atomic mass is 10.1. The Hall–Kier alpha value is -2.75. The van der Waals surface area contributed by atoms with Crippen molar-refractivity contribution in [3.05, 3.63) is 52.7 Å². The van der Waals surface area contributed by atoms with Crippen LogP contribution in [0, 0.1) is 0 Å². The number of benzene rings is 2. The number of pyridine rings is 1. The van der Waals surface area contributed by atoms with Gasteiger partial charge in [-0.3, -0.25) is 4.79 Å². The zero-order valence-electron chi connectivity index (χ0n) is 10.9. The Bertz CT molecular complexity index is 1010. The van der Waals surface area contributed by atoms with Gasteiger partial charge in [-0.25, -0.2) is 0 Å². The Kier molecular flexibility index (Phi) is 2.15. The molecule has 4 heteroatoms. The topological polar surface area (TPSA) is 57.9 Å². The molecule has 0 aliphatic carbocycles. The summed E-state index contributed by atoms with van der Waals surface area (Å²) in [6.07, 6.45) is 0. The molecule has 0 unspecified atom stereocenters. The minimum atomic E-state index is 0.0181. The van der Waals surface area contributed by atoms with E-state index in [-0.39, 0.29) is 5.43 Å². The first-order chi connectivity index (χ1) is 9.78. The first kappa shape index (κ1) is 11.1. The Morgan fingerprint density at radius 3 is 2.50 bits per heavy atom. The Labute approximate surface area is 114 Å². The van der Waals surface area contributed by atoms with Crippen molar-refractivity contribution in [1.82, 2.24) is 9.97 Å². The van der Waals surface area contributed by atoms with Crippen LogP contribution >= 0.6 is 0 Å². The molecule has 2 aromatic heterocycles. The molecule has 4 aromatic rings. The predicted molar refractivity (Wildman–Crippen MR) is 80.5 cm³/mol. The van der Waals surface area contributed by atoms with Gasteiger partial charge in [0.2, 0.25) is 5.43 Å². The quantitative estimate of drug-likeness (QED) is 0.554. The van der Waals surface area contributed by atoms with Gasteiger partial charge in [0, 0.05) is 21.8 Å². The fourth-order valence-electron chi connectivity index (χ4n) is 2.66. The third-order valence-electron chi connectivity index (χ3n) is 3.66. The SMILES string of the molecule is COc1ccc2[nH]c3c(=O)c4ccccc4[nH]c3c2c1. The molecular weight excluding hydrogens is 252 g/mol. The van der Waals surface area contributed by atoms with E-state index in [1.165, 1.54) is 0 Å². The van der Waals surface area contributed by atoms with Crippen molar-refractivity contribution in [2.45, 2.75) is 0 Å². The number of methoxy groups -OCH3 is 1. The van der Waals surface area contributed by atoms with Gasteiger partial charge < -0.3 is 14.7 Å². The van der Waals surface area contributed by atoms with Crippen molar-refractivity contribution >= 4 is 32.8 Å². The number of para-hydroxylation sites is 1. The number of fused-ring (bicyclic) bond motifs is 4. The number of hydrogen-bond donors (Lipinski definition) is 2. The van der Waals surface area contributed by atoms with Crippen LogP contribution in [0.3, 0.4) is 0 Å². The molecule has 0 saturated heterocycles. The van der Waals surface area contributed by atoms with Gasteiger partial charge in [0.05, 0.1) is 12.6 Å². The number of ether oxygens (including phenoxy) is 1. The summed E-state index contributed by atoms with van der Waals surface area (Å²) in [5.41, 5.74) is 3.21. The van der Waals surface area contributed by atoms with Crippen molar-refractivity contribution in [3.63, 3.8) is 0 Å². The van der Waals surface area contributed by atoms with E-state index in [0.717, 1.165) is 27.7 Å². The number of nitrogens with one attached hydrogen (secondary N) is 2. The summed E-state index contributed by atoms with van der Waals surface area (Å²) in [5.74, 6) is 0.771. The van der Waals surface area contributed by atoms with Crippen molar-refractivity contribution in [2.24, 2.45) is 0 Å². The molecule has 0 bridgehead atoms. The molecule has 0 spiro atoms. The standard InChI is InChI=1S/C16H12N2O2/c1-20-9-6-7-13-11(8-9)14-15(18-13)16(19)10-4-2-3-5-12(10)17-14/h2-8,18H,1H3,(H,17,19). The number of aromatic amines is 2. The maximum atomic E-state index is 12.5. The highest BCUT2D eigenvalue weighted by Gasteiger charge is 2.11. The van der Waals surface area contributed by atoms with Crippen molar-refractivity contribution in [3.8, 4) is 5.75 Å². The van der Waals surface area contributed by atoms with Crippen LogP contribution in [0.15, 0.2) is 47.3 Å². The van der Waals surface area contributed by atoms with Crippen LogP contribution < -0.4 is 10.2 Å². The second kappa shape index (κ2) is 3.87. The van der Waals surface area contributed by atoms with Gasteiger partial charge >= 0.3 is 0 Å². The number of H-pyrrole nitrogens is 2. The Balaban J connectivity index is 2.26. The molecule has 98 valence electrons. The van der Waals surface area contributed by atoms with E-state index in [9.17, 15) is 4.79 Å². The lowest BCUT2D eigenvalue weighted by molar-refractivity contribution is 0.415. The lowest BCUT2D eigenvalue weighted by Gasteiger charge is -2.00. The minimum Gasteiger partial charge on any atom is -0.497 e. The molecule has 2 N–H and O–H groups in total. The molecule has 20 heavy (non-hydrogen) atoms. The maximum Gasteiger partial charge on any atom is 0.213 e. The minimum absolute atomic E-state index is 0.0181. The molecule has 0 radical (unpaired) electrons. The first-order valence-electron chi connectivity index (χ1n) is 6.38. The highest BCUT2D eigenvalue weighted by Crippen LogP contribution is 2.27. The molecule has 2 heterocycles. The van der Waals surface area contributed by atoms with E-state index >= 15 is 0 Å². The average molecular weight is 264 g/mol. The molecule has 4 rings (SSSR count). The van der Waals surface area contributed by atoms with Crippen LogP contribution in [-0.4, -0.2) is 17.1 Å². The highest BCUT2D eigenvalue weighted by molar-refractivity contribution is 6.08. The molecule has 0 aliphatic rings. The molecule has 4 nitrogen and oxygen atoms in total. The third kappa shape index (κ3) is 1.39. The van der Waals surface area contributed by atoms with Crippen LogP contribution in [-0.2, 0) is 0 Å². The van der Waals surface area contributed by atoms with Gasteiger partial charge in [-0.15, -0.1) is 0 Å². The number of aromatic nitrogens is 2. The predicted octanol–water partition coefficient (Wildman–Crippen LogP) is 3.17. The third-order valence-corrected chi connectivity index (χ3v) is 3.66. The molecule has 0 fully saturated rings. The summed E-state index contributed by atoms with van der Waals surface area (Å²) in [7, 11) is 1.63. The first-order valence-corrected chi connectivity index (χ1v) is 6.38. The summed E-state index contributed by atoms with van der Waals surface area (Å²) >= 11 is 0. The maximum absolute atomic E-state index is 12.5. The van der Waals surface area contributed by atoms with Gasteiger partial charge in [0.1, 0.15) is 11.3 Å². The van der Waals surface area contributed by atoms with Crippen LogP contribution in [0.2, 0.25) is 0 Å². The summed E-state index contributed by atoms with van der Waals surface area (Å²) in [5, 5.41) is 1.65. The van der Waals surface area contributed by atoms with E-state index in [2.05, 4.69) is 9.97 Å². The molecular formula is C16H12N2O2. The van der Waals surface area contributed by atoms with Crippen molar-refractivity contribution < 1.29 is 4.74 Å². The second-order valence-electron chi connectivity index (χ2n) is 4.79. The fourth-order valence-corrected chi connectivity index (χ4v) is 2.66. The zero-order valence-corrected chi connectivity index (χ0v) is 10.9. The Morgan fingerprint density at radius 2 is 1.65 bits per heavy atom. The van der Waals surface area contributed by atoms with Gasteiger partial charge in [-0.1, -0.05) is 12.1 Å². The van der Waals surface area contributed by atoms with Crippen LogP contribution in [0.1, 0.15) is 0 Å². The monoisotopic (exact) mass is 264 g/mol. The van der Waals surface area contributed by atoms with Crippen LogP contribution in [0.25, 0.3) is 32.8 Å². The van der Waals surface area contributed by atoms with Gasteiger partial charge in [-0.05, 0) is 30.3 Å². The molecule has 0 saturated carbocycles. The average Bonchev–Trinajstić information content (AvgIpc) is 2.86. The molecule has 2 aromatic carbocycles. The van der Waals surface area contributed by atoms with Crippen molar-refractivity contribution in [1.29, 1.82) is 0 Å². The summed E-state index contributed by atoms with van der Waals surface area (Å²) < 4.78 is 5.25. The smallest absolute Gasteiger partial charge is 0.213 e. The summed E-state index contributed by atoms with van der Waals surface area (Å²) in [4.78, 5) is 19.1. The van der Waals surface area contributed by atoms with E-state index < -0.39 is 0 Å². The van der Waals surface area contributed by atoms with Crippen LogP contribution in [0.4, 0.5) is 0 Å². The summed E-state index contributed by atoms with van der Waals surface area (Å²) in [6, 6.07) is 13.3. The number of hydrogen-bond acceptors (Lipinski definition) is 2. The van der Waals surface area contributed by atoms with Crippen molar-refractivity contribution in [2.75, 3.05) is 7.11 Å². The molecule has 0 aliphatic heterocycles.